The number of nitrogens with one attached hydrogen (secondary N) is 2. The lowest BCUT2D eigenvalue weighted by Crippen LogP contribution is -2.19. The SMILES string of the molecule is NC(=O)Nc1ccc(NC(=O)/C=C/c2ccccc2OC(F)F)cc1. The van der Waals surface area contributed by atoms with Crippen LogP contribution in [0.25, 0.3) is 6.08 Å². The van der Waals surface area contributed by atoms with Gasteiger partial charge in [0.15, 0.2) is 0 Å². The summed E-state index contributed by atoms with van der Waals surface area (Å²) in [5.74, 6) is -0.481. The summed E-state index contributed by atoms with van der Waals surface area (Å²) < 4.78 is 29.1. The second kappa shape index (κ2) is 8.44. The first-order chi connectivity index (χ1) is 11.9. The molecule has 0 radical (unpaired) electrons. The zero-order valence-electron chi connectivity index (χ0n) is 12.9. The summed E-state index contributed by atoms with van der Waals surface area (Å²) >= 11 is 0. The molecular formula is C17H15F2N3O3. The molecule has 2 rings (SSSR count). The number of para-hydroxylation sites is 1. The molecule has 0 aliphatic heterocycles. The molecule has 0 atom stereocenters. The molecule has 130 valence electrons. The molecule has 0 spiro atoms. The molecule has 8 heteroatoms. The topological polar surface area (TPSA) is 93.5 Å². The summed E-state index contributed by atoms with van der Waals surface area (Å²) in [6.07, 6.45) is 2.57. The van der Waals surface area contributed by atoms with Gasteiger partial charge in [-0.25, -0.2) is 4.79 Å². The van der Waals surface area contributed by atoms with Crippen molar-refractivity contribution in [2.75, 3.05) is 10.6 Å². The Morgan fingerprint density at radius 2 is 1.60 bits per heavy atom. The van der Waals surface area contributed by atoms with Crippen LogP contribution in [0.5, 0.6) is 5.75 Å². The Balaban J connectivity index is 2.00. The van der Waals surface area contributed by atoms with E-state index in [2.05, 4.69) is 15.4 Å². The van der Waals surface area contributed by atoms with Gasteiger partial charge in [0.25, 0.3) is 0 Å². The lowest BCUT2D eigenvalue weighted by atomic mass is 10.2. The third-order valence-corrected chi connectivity index (χ3v) is 2.97. The molecule has 3 amide bonds. The minimum atomic E-state index is -2.95. The predicted molar refractivity (Wildman–Crippen MR) is 90.4 cm³/mol. The van der Waals surface area contributed by atoms with Crippen molar-refractivity contribution in [2.24, 2.45) is 5.73 Å². The van der Waals surface area contributed by atoms with Gasteiger partial charge in [0, 0.05) is 23.0 Å². The van der Waals surface area contributed by atoms with Crippen LogP contribution in [0.2, 0.25) is 0 Å². The van der Waals surface area contributed by atoms with Crippen LogP contribution in [0.15, 0.2) is 54.6 Å². The fraction of sp³-hybridized carbons (Fsp3) is 0.0588. The van der Waals surface area contributed by atoms with Crippen molar-refractivity contribution in [3.8, 4) is 5.75 Å². The summed E-state index contributed by atoms with van der Waals surface area (Å²) in [6.45, 7) is -2.95. The van der Waals surface area contributed by atoms with Crippen molar-refractivity contribution < 1.29 is 23.1 Å². The van der Waals surface area contributed by atoms with Gasteiger partial charge < -0.3 is 21.1 Å². The first kappa shape index (κ1) is 17.9. The van der Waals surface area contributed by atoms with E-state index in [1.54, 1.807) is 42.5 Å². The maximum atomic E-state index is 12.3. The van der Waals surface area contributed by atoms with E-state index in [0.717, 1.165) is 0 Å². The number of amides is 3. The van der Waals surface area contributed by atoms with Crippen molar-refractivity contribution in [3.05, 3.63) is 60.2 Å². The molecule has 0 fully saturated rings. The molecule has 0 heterocycles. The van der Waals surface area contributed by atoms with Crippen molar-refractivity contribution >= 4 is 29.4 Å². The average molecular weight is 347 g/mol. The highest BCUT2D eigenvalue weighted by atomic mass is 19.3. The van der Waals surface area contributed by atoms with Crippen LogP contribution in [0.1, 0.15) is 5.56 Å². The fourth-order valence-corrected chi connectivity index (χ4v) is 1.95. The van der Waals surface area contributed by atoms with E-state index in [9.17, 15) is 18.4 Å². The van der Waals surface area contributed by atoms with Gasteiger partial charge in [0.2, 0.25) is 5.91 Å². The molecular weight excluding hydrogens is 332 g/mol. The minimum absolute atomic E-state index is 0.0246. The Kier molecular flexibility index (Phi) is 6.05. The first-order valence-corrected chi connectivity index (χ1v) is 7.13. The lowest BCUT2D eigenvalue weighted by Gasteiger charge is -2.07. The second-order valence-electron chi connectivity index (χ2n) is 4.81. The van der Waals surface area contributed by atoms with Gasteiger partial charge in [-0.05, 0) is 36.4 Å². The monoisotopic (exact) mass is 347 g/mol. The van der Waals surface area contributed by atoms with E-state index in [0.29, 0.717) is 16.9 Å². The maximum Gasteiger partial charge on any atom is 0.387 e. The summed E-state index contributed by atoms with van der Waals surface area (Å²) in [5, 5.41) is 4.98. The van der Waals surface area contributed by atoms with Crippen LogP contribution in [0.4, 0.5) is 25.0 Å². The van der Waals surface area contributed by atoms with Crippen molar-refractivity contribution in [1.29, 1.82) is 0 Å². The number of rotatable bonds is 6. The van der Waals surface area contributed by atoms with Gasteiger partial charge in [-0.1, -0.05) is 18.2 Å². The Morgan fingerprint density at radius 3 is 2.20 bits per heavy atom. The number of carbonyl (C=O) groups is 2. The maximum absolute atomic E-state index is 12.3. The molecule has 0 unspecified atom stereocenters. The largest absolute Gasteiger partial charge is 0.434 e. The third-order valence-electron chi connectivity index (χ3n) is 2.97. The normalized spacial score (nSPS) is 10.7. The smallest absolute Gasteiger partial charge is 0.387 e. The van der Waals surface area contributed by atoms with Crippen molar-refractivity contribution in [2.45, 2.75) is 6.61 Å². The lowest BCUT2D eigenvalue weighted by molar-refractivity contribution is -0.111. The summed E-state index contributed by atoms with van der Waals surface area (Å²) in [6, 6.07) is 11.7. The molecule has 4 N–H and O–H groups in total. The van der Waals surface area contributed by atoms with Gasteiger partial charge in [0.05, 0.1) is 0 Å². The van der Waals surface area contributed by atoms with Crippen LogP contribution in [0.3, 0.4) is 0 Å². The number of halogens is 2. The predicted octanol–water partition coefficient (Wildman–Crippen LogP) is 3.43. The highest BCUT2D eigenvalue weighted by Gasteiger charge is 2.07. The van der Waals surface area contributed by atoms with E-state index in [1.165, 1.54) is 18.2 Å². The van der Waals surface area contributed by atoms with E-state index in [1.807, 2.05) is 0 Å². The Bertz CT molecular complexity index is 777. The van der Waals surface area contributed by atoms with Gasteiger partial charge in [-0.2, -0.15) is 8.78 Å². The highest BCUT2D eigenvalue weighted by Crippen LogP contribution is 2.21. The van der Waals surface area contributed by atoms with Gasteiger partial charge in [-0.15, -0.1) is 0 Å². The van der Waals surface area contributed by atoms with Crippen LogP contribution >= 0.6 is 0 Å². The number of urea groups is 1. The average Bonchev–Trinajstić information content (AvgIpc) is 2.55. The number of anilines is 2. The van der Waals surface area contributed by atoms with E-state index in [-0.39, 0.29) is 5.75 Å². The zero-order valence-corrected chi connectivity index (χ0v) is 12.9. The second-order valence-corrected chi connectivity index (χ2v) is 4.81. The third kappa shape index (κ3) is 5.94. The molecule has 2 aromatic carbocycles. The van der Waals surface area contributed by atoms with E-state index >= 15 is 0 Å². The number of hydrogen-bond donors (Lipinski definition) is 3. The summed E-state index contributed by atoms with van der Waals surface area (Å²) in [7, 11) is 0. The molecule has 0 bridgehead atoms. The number of alkyl halides is 2. The van der Waals surface area contributed by atoms with Crippen LogP contribution < -0.4 is 21.1 Å². The molecule has 0 aliphatic carbocycles. The molecule has 2 aromatic rings. The Morgan fingerprint density at radius 1 is 1.00 bits per heavy atom. The summed E-state index contributed by atoms with van der Waals surface area (Å²) in [4.78, 5) is 22.6. The standard InChI is InChI=1S/C17H15F2N3O3/c18-16(19)25-14-4-2-1-3-11(14)5-10-15(23)21-12-6-8-13(9-7-12)22-17(20)24/h1-10,16H,(H,21,23)(H3,20,22,24)/b10-5+. The van der Waals surface area contributed by atoms with Crippen LogP contribution in [-0.2, 0) is 4.79 Å². The van der Waals surface area contributed by atoms with E-state index < -0.39 is 18.5 Å². The van der Waals surface area contributed by atoms with Gasteiger partial charge >= 0.3 is 12.6 Å². The molecule has 6 nitrogen and oxygen atoms in total. The number of nitrogens with two attached hydrogens (primary N) is 1. The number of ether oxygens (including phenoxy) is 1. The van der Waals surface area contributed by atoms with Gasteiger partial charge in [0.1, 0.15) is 5.75 Å². The van der Waals surface area contributed by atoms with Crippen LogP contribution in [-0.4, -0.2) is 18.5 Å². The number of carbonyl (C=O) groups excluding carboxylic acids is 2. The zero-order chi connectivity index (χ0) is 18.2. The molecule has 0 saturated heterocycles. The highest BCUT2D eigenvalue weighted by molar-refractivity contribution is 6.02. The quantitative estimate of drug-likeness (QED) is 0.699. The van der Waals surface area contributed by atoms with Crippen molar-refractivity contribution in [1.82, 2.24) is 0 Å². The molecule has 0 aliphatic rings. The number of primary amides is 1. The van der Waals surface area contributed by atoms with Crippen LogP contribution in [0, 0.1) is 0 Å². The molecule has 25 heavy (non-hydrogen) atoms. The minimum Gasteiger partial charge on any atom is -0.434 e. The fourth-order valence-electron chi connectivity index (χ4n) is 1.95. The summed E-state index contributed by atoms with van der Waals surface area (Å²) in [5.41, 5.74) is 6.31. The number of hydrogen-bond acceptors (Lipinski definition) is 3. The van der Waals surface area contributed by atoms with E-state index in [4.69, 9.17) is 5.73 Å². The Labute approximate surface area is 142 Å². The first-order valence-electron chi connectivity index (χ1n) is 7.13. The van der Waals surface area contributed by atoms with Crippen molar-refractivity contribution in [3.63, 3.8) is 0 Å². The molecule has 0 saturated carbocycles. The van der Waals surface area contributed by atoms with Gasteiger partial charge in [-0.3, -0.25) is 4.79 Å². The molecule has 0 aromatic heterocycles. The Hall–Kier alpha value is -3.42. The number of benzene rings is 2.